The molecule has 2 unspecified atom stereocenters. The Bertz CT molecular complexity index is 2370. The molecule has 0 aromatic heterocycles. The van der Waals surface area contributed by atoms with Gasteiger partial charge in [-0.15, -0.1) is 0 Å². The number of allylic oxidation sites excluding steroid dienone is 36. The van der Waals surface area contributed by atoms with E-state index in [1.54, 1.807) is 0 Å². The summed E-state index contributed by atoms with van der Waals surface area (Å²) in [5.74, 6) is -2.34. The number of carboxylic acids is 1. The highest BCUT2D eigenvalue weighted by molar-refractivity contribution is 5.70. The third-order valence-electron chi connectivity index (χ3n) is 14.7. The fraction of sp³-hybridized carbons (Fsp3) is 0.547. The molecule has 0 saturated carbocycles. The van der Waals surface area contributed by atoms with Gasteiger partial charge in [-0.05, 0) is 154 Å². The predicted molar refractivity (Wildman–Crippen MR) is 407 cm³/mol. The average Bonchev–Trinajstić information content (AvgIpc) is 2.94. The minimum atomic E-state index is -1.64. The van der Waals surface area contributed by atoms with Gasteiger partial charge in [0.05, 0.1) is 40.3 Å². The number of ether oxygens (including phenoxy) is 4. The number of quaternary nitrogens is 1. The lowest BCUT2D eigenvalue weighted by atomic mass is 10.1. The highest BCUT2D eigenvalue weighted by Crippen LogP contribution is 2.14. The maximum atomic E-state index is 13.0. The van der Waals surface area contributed by atoms with Crippen LogP contribution in [0.4, 0.5) is 0 Å². The number of carboxylic acid groups (broad SMARTS) is 1. The van der Waals surface area contributed by atoms with Crippen molar-refractivity contribution in [2.24, 2.45) is 0 Å². The number of hydrogen-bond acceptors (Lipinski definition) is 8. The molecule has 0 bridgehead atoms. The fourth-order valence-electron chi connectivity index (χ4n) is 9.17. The number of unbranched alkanes of at least 4 members (excludes halogenated alkanes) is 14. The van der Waals surface area contributed by atoms with Crippen molar-refractivity contribution < 1.29 is 42.9 Å². The van der Waals surface area contributed by atoms with Crippen LogP contribution in [0.15, 0.2) is 219 Å². The van der Waals surface area contributed by atoms with Crippen LogP contribution in [0.1, 0.15) is 245 Å². The van der Waals surface area contributed by atoms with Crippen LogP contribution in [0, 0.1) is 0 Å². The lowest BCUT2D eigenvalue weighted by molar-refractivity contribution is -0.870. The number of esters is 2. The Labute approximate surface area is 581 Å². The van der Waals surface area contributed by atoms with Crippen molar-refractivity contribution in [3.05, 3.63) is 219 Å². The Morgan fingerprint density at radius 2 is 0.568 bits per heavy atom. The van der Waals surface area contributed by atoms with Gasteiger partial charge in [-0.2, -0.15) is 0 Å². The SMILES string of the molecule is CC/C=C\C/C=C\C/C=C\C/C=C\C/C=C\C/C=C\C/C=C\C/C=C\C/C=C\CCCCCCCCCC(=O)OCC(COC(OCC[N+](C)(C)C)C(=O)[O-])OC(=O)CCCCCCCCC/C=C\C/C=C\C/C=C\C/C=C\C/C=C\C/C=C\C/C=C\C/C=C\C/C=C\CC. The molecule has 2 atom stereocenters. The highest BCUT2D eigenvalue weighted by Gasteiger charge is 2.22. The van der Waals surface area contributed by atoms with Gasteiger partial charge in [0.2, 0.25) is 0 Å². The van der Waals surface area contributed by atoms with Gasteiger partial charge in [0, 0.05) is 12.8 Å². The van der Waals surface area contributed by atoms with E-state index in [2.05, 4.69) is 233 Å². The van der Waals surface area contributed by atoms with Crippen LogP contribution < -0.4 is 5.11 Å². The standard InChI is InChI=1S/C86H133NO8/c1-6-8-10-12-14-16-18-20-22-24-26-28-30-32-34-36-38-40-42-44-46-48-50-52-54-56-58-60-62-64-66-68-70-72-74-76-83(88)93-80-82(81-94-86(85(90)91)92-79-78-87(3,4)5)95-84(89)77-75-73-71-69-67-65-63-61-59-57-55-53-51-49-47-45-43-41-39-37-35-33-31-29-27-25-23-21-19-17-15-13-11-9-7-2/h8-11,14-17,20-23,26-29,32-35,38-41,44-47,50-53,56-59,82,86H,6-7,12-13,18-19,24-25,30-31,36-37,42-43,48-49,54-55,60-81H2,1-5H3/b10-8-,11-9-,16-14-,17-15-,22-20-,23-21-,28-26-,29-27-,34-32-,35-33-,40-38-,41-39-,46-44-,47-45-,52-50-,53-51-,58-56-,59-57-. The first-order valence-electron chi connectivity index (χ1n) is 36.9. The molecule has 0 heterocycles. The molecule has 0 aromatic rings. The largest absolute Gasteiger partial charge is 0.545 e. The Balaban J connectivity index is 4.25. The summed E-state index contributed by atoms with van der Waals surface area (Å²) in [6, 6.07) is 0. The Morgan fingerprint density at radius 3 is 0.842 bits per heavy atom. The molecule has 0 fully saturated rings. The first-order valence-corrected chi connectivity index (χ1v) is 36.9. The third-order valence-corrected chi connectivity index (χ3v) is 14.7. The first-order chi connectivity index (χ1) is 46.6. The molecular weight excluding hydrogens is 1170 g/mol. The summed E-state index contributed by atoms with van der Waals surface area (Å²) in [5, 5.41) is 11.8. The van der Waals surface area contributed by atoms with Crippen molar-refractivity contribution in [2.45, 2.75) is 257 Å². The molecule has 0 amide bonds. The smallest absolute Gasteiger partial charge is 0.306 e. The minimum absolute atomic E-state index is 0.131. The van der Waals surface area contributed by atoms with Gasteiger partial charge in [0.15, 0.2) is 12.4 Å². The molecule has 0 saturated heterocycles. The normalized spacial score (nSPS) is 14.0. The second-order valence-corrected chi connectivity index (χ2v) is 24.8. The van der Waals surface area contributed by atoms with Crippen LogP contribution in [0.3, 0.4) is 0 Å². The molecule has 9 nitrogen and oxygen atoms in total. The summed E-state index contributed by atoms with van der Waals surface area (Å²) >= 11 is 0. The first kappa shape index (κ1) is 88.6. The van der Waals surface area contributed by atoms with Gasteiger partial charge in [0.25, 0.3) is 0 Å². The van der Waals surface area contributed by atoms with E-state index in [9.17, 15) is 19.5 Å². The van der Waals surface area contributed by atoms with Gasteiger partial charge in [-0.1, -0.05) is 297 Å². The van der Waals surface area contributed by atoms with Gasteiger partial charge >= 0.3 is 11.9 Å². The molecule has 9 heteroatoms. The molecule has 0 radical (unpaired) electrons. The van der Waals surface area contributed by atoms with E-state index in [-0.39, 0.29) is 38.6 Å². The van der Waals surface area contributed by atoms with E-state index in [1.807, 2.05) is 21.1 Å². The quantitative estimate of drug-likeness (QED) is 0.0195. The second kappa shape index (κ2) is 73.4. The third kappa shape index (κ3) is 74.9. The average molecular weight is 1310 g/mol. The van der Waals surface area contributed by atoms with Gasteiger partial charge in [-0.3, -0.25) is 9.59 Å². The molecule has 0 spiro atoms. The second-order valence-electron chi connectivity index (χ2n) is 24.8. The van der Waals surface area contributed by atoms with E-state index < -0.39 is 24.3 Å². The van der Waals surface area contributed by atoms with Gasteiger partial charge in [-0.25, -0.2) is 0 Å². The van der Waals surface area contributed by atoms with Crippen LogP contribution in [0.25, 0.3) is 0 Å². The van der Waals surface area contributed by atoms with Crippen LogP contribution in [0.2, 0.25) is 0 Å². The molecular formula is C86H133NO8. The highest BCUT2D eigenvalue weighted by atomic mass is 16.7. The number of hydrogen-bond donors (Lipinski definition) is 0. The van der Waals surface area contributed by atoms with Crippen molar-refractivity contribution in [2.75, 3.05) is 47.5 Å². The van der Waals surface area contributed by atoms with Gasteiger partial charge < -0.3 is 33.3 Å². The maximum absolute atomic E-state index is 13.0. The number of nitrogens with zero attached hydrogens (tertiary/aromatic N) is 1. The summed E-state index contributed by atoms with van der Waals surface area (Å²) < 4.78 is 22.8. The molecule has 0 aromatic carbocycles. The van der Waals surface area contributed by atoms with Crippen molar-refractivity contribution in [1.82, 2.24) is 0 Å². The number of rotatable bonds is 65. The number of likely N-dealkylation sites (N-methyl/N-ethyl adjacent to an activating group) is 1. The molecule has 0 aliphatic heterocycles. The van der Waals surface area contributed by atoms with Crippen LogP contribution >= 0.6 is 0 Å². The monoisotopic (exact) mass is 1310 g/mol. The number of carbonyl (C=O) groups is 3. The van der Waals surface area contributed by atoms with E-state index in [0.717, 1.165) is 173 Å². The zero-order valence-electron chi connectivity index (χ0n) is 60.4. The van der Waals surface area contributed by atoms with Crippen molar-refractivity contribution in [3.8, 4) is 0 Å². The zero-order valence-corrected chi connectivity index (χ0v) is 60.4. The lowest BCUT2D eigenvalue weighted by Gasteiger charge is -2.26. The topological polar surface area (TPSA) is 111 Å². The minimum Gasteiger partial charge on any atom is -0.545 e. The van der Waals surface area contributed by atoms with Crippen LogP contribution in [0.5, 0.6) is 0 Å². The molecule has 0 aliphatic rings. The van der Waals surface area contributed by atoms with Crippen LogP contribution in [-0.4, -0.2) is 82.3 Å². The van der Waals surface area contributed by atoms with Crippen molar-refractivity contribution in [3.63, 3.8) is 0 Å². The van der Waals surface area contributed by atoms with Crippen molar-refractivity contribution >= 4 is 17.9 Å². The molecule has 0 N–H and O–H groups in total. The number of carbonyl (C=O) groups excluding carboxylic acids is 3. The van der Waals surface area contributed by atoms with E-state index in [4.69, 9.17) is 18.9 Å². The molecule has 0 rings (SSSR count). The van der Waals surface area contributed by atoms with Crippen LogP contribution in [-0.2, 0) is 33.3 Å². The summed E-state index contributed by atoms with van der Waals surface area (Å²) in [4.78, 5) is 37.6. The van der Waals surface area contributed by atoms with E-state index in [1.165, 1.54) is 32.1 Å². The number of aliphatic carboxylic acids is 1. The summed E-state index contributed by atoms with van der Waals surface area (Å²) in [6.07, 6.45) is 113. The van der Waals surface area contributed by atoms with E-state index >= 15 is 0 Å². The summed E-state index contributed by atoms with van der Waals surface area (Å²) in [7, 11) is 5.91. The predicted octanol–water partition coefficient (Wildman–Crippen LogP) is 22.4. The molecule has 530 valence electrons. The fourth-order valence-corrected chi connectivity index (χ4v) is 9.17. The molecule has 95 heavy (non-hydrogen) atoms. The summed E-state index contributed by atoms with van der Waals surface area (Å²) in [6.45, 7) is 4.46. The Kier molecular flexibility index (Phi) is 68.5. The van der Waals surface area contributed by atoms with Crippen molar-refractivity contribution in [1.29, 1.82) is 0 Å². The lowest BCUT2D eigenvalue weighted by Crippen LogP contribution is -2.44. The maximum Gasteiger partial charge on any atom is 0.306 e. The Hall–Kier alpha value is -6.39. The summed E-state index contributed by atoms with van der Waals surface area (Å²) in [5.41, 5.74) is 0. The Morgan fingerprint density at radius 1 is 0.316 bits per heavy atom. The zero-order chi connectivity index (χ0) is 69.0. The van der Waals surface area contributed by atoms with E-state index in [0.29, 0.717) is 23.9 Å². The van der Waals surface area contributed by atoms with Gasteiger partial charge in [0.1, 0.15) is 13.2 Å². The molecule has 0 aliphatic carbocycles.